The number of hydrogen-bond donors (Lipinski definition) is 1. The Bertz CT molecular complexity index is 1440. The Hall–Kier alpha value is -3.47. The molecule has 1 aromatic heterocycles. The van der Waals surface area contributed by atoms with E-state index < -0.39 is 15.9 Å². The Balaban J connectivity index is 1.42. The summed E-state index contributed by atoms with van der Waals surface area (Å²) in [6.07, 6.45) is 0. The highest BCUT2D eigenvalue weighted by Gasteiger charge is 2.22. The average Bonchev–Trinajstić information content (AvgIpc) is 3.33. The van der Waals surface area contributed by atoms with Gasteiger partial charge in [-0.15, -0.1) is 16.9 Å². The first-order valence-corrected chi connectivity index (χ1v) is 13.6. The van der Waals surface area contributed by atoms with Crippen LogP contribution in [0.1, 0.15) is 29.8 Å². The molecule has 186 valence electrons. The van der Waals surface area contributed by atoms with E-state index in [0.717, 1.165) is 16.0 Å². The van der Waals surface area contributed by atoms with Crippen molar-refractivity contribution >= 4 is 33.7 Å². The van der Waals surface area contributed by atoms with E-state index in [-0.39, 0.29) is 23.0 Å². The van der Waals surface area contributed by atoms with E-state index in [0.29, 0.717) is 11.1 Å². The SMILES string of the molecule is CC(C)Sc1cccc(-c2nnc(NC(=O)c3ccc(S(=O)(=O)N(C)Cc4ccccc4)cc3)o2)c1. The maximum Gasteiger partial charge on any atom is 0.322 e. The van der Waals surface area contributed by atoms with E-state index in [4.69, 9.17) is 4.42 Å². The molecule has 0 atom stereocenters. The molecule has 1 amide bonds. The molecule has 36 heavy (non-hydrogen) atoms. The predicted molar refractivity (Wildman–Crippen MR) is 140 cm³/mol. The molecule has 8 nitrogen and oxygen atoms in total. The molecule has 1 heterocycles. The van der Waals surface area contributed by atoms with E-state index in [9.17, 15) is 13.2 Å². The van der Waals surface area contributed by atoms with Gasteiger partial charge >= 0.3 is 6.01 Å². The number of aromatic nitrogens is 2. The van der Waals surface area contributed by atoms with Gasteiger partial charge in [0.15, 0.2) is 0 Å². The Kier molecular flexibility index (Phi) is 7.88. The second-order valence-electron chi connectivity index (χ2n) is 8.33. The van der Waals surface area contributed by atoms with Crippen LogP contribution >= 0.6 is 11.8 Å². The number of hydrogen-bond acceptors (Lipinski definition) is 7. The average molecular weight is 523 g/mol. The summed E-state index contributed by atoms with van der Waals surface area (Å²) in [4.78, 5) is 13.8. The van der Waals surface area contributed by atoms with Crippen molar-refractivity contribution in [1.82, 2.24) is 14.5 Å². The van der Waals surface area contributed by atoms with Gasteiger partial charge in [0.25, 0.3) is 5.91 Å². The Morgan fingerprint density at radius 3 is 2.42 bits per heavy atom. The Morgan fingerprint density at radius 1 is 1.00 bits per heavy atom. The molecule has 0 spiro atoms. The quantitative estimate of drug-likeness (QED) is 0.297. The fraction of sp³-hybridized carbons (Fsp3) is 0.192. The molecule has 0 fully saturated rings. The first-order valence-electron chi connectivity index (χ1n) is 11.2. The van der Waals surface area contributed by atoms with Crippen molar-refractivity contribution in [2.24, 2.45) is 0 Å². The number of sulfonamides is 1. The lowest BCUT2D eigenvalue weighted by atomic mass is 10.2. The van der Waals surface area contributed by atoms with E-state index in [2.05, 4.69) is 29.4 Å². The van der Waals surface area contributed by atoms with Gasteiger partial charge in [0.2, 0.25) is 15.9 Å². The molecule has 4 aromatic rings. The summed E-state index contributed by atoms with van der Waals surface area (Å²) >= 11 is 1.72. The third-order valence-electron chi connectivity index (χ3n) is 5.17. The highest BCUT2D eigenvalue weighted by Crippen LogP contribution is 2.28. The molecule has 0 unspecified atom stereocenters. The van der Waals surface area contributed by atoms with Crippen molar-refractivity contribution in [2.75, 3.05) is 12.4 Å². The summed E-state index contributed by atoms with van der Waals surface area (Å²) in [5, 5.41) is 10.9. The van der Waals surface area contributed by atoms with Gasteiger partial charge < -0.3 is 4.42 Å². The van der Waals surface area contributed by atoms with Crippen LogP contribution in [-0.4, -0.2) is 41.1 Å². The lowest BCUT2D eigenvalue weighted by Crippen LogP contribution is -2.26. The van der Waals surface area contributed by atoms with Gasteiger partial charge in [-0.05, 0) is 48.0 Å². The van der Waals surface area contributed by atoms with Crippen molar-refractivity contribution in [3.05, 3.63) is 90.0 Å². The number of carbonyl (C=O) groups excluding carboxylic acids is 1. The standard InChI is InChI=1S/C26H26N4O4S2/c1-18(2)35-22-11-7-10-21(16-22)25-28-29-26(34-25)27-24(31)20-12-14-23(15-13-20)36(32,33)30(3)17-19-8-5-4-6-9-19/h4-16,18H,17H2,1-3H3,(H,27,29,31). The minimum atomic E-state index is -3.72. The number of amides is 1. The van der Waals surface area contributed by atoms with Crippen LogP contribution in [0, 0.1) is 0 Å². The molecule has 10 heteroatoms. The fourth-order valence-corrected chi connectivity index (χ4v) is 5.47. The maximum absolute atomic E-state index is 12.9. The Morgan fingerprint density at radius 2 is 1.72 bits per heavy atom. The van der Waals surface area contributed by atoms with Gasteiger partial charge in [-0.25, -0.2) is 8.42 Å². The molecular weight excluding hydrogens is 496 g/mol. The monoisotopic (exact) mass is 522 g/mol. The van der Waals surface area contributed by atoms with Crippen LogP contribution in [0.4, 0.5) is 6.01 Å². The number of rotatable bonds is 9. The van der Waals surface area contributed by atoms with Gasteiger partial charge in [-0.2, -0.15) is 4.31 Å². The summed E-state index contributed by atoms with van der Waals surface area (Å²) in [7, 11) is -2.20. The van der Waals surface area contributed by atoms with Crippen LogP contribution in [0.3, 0.4) is 0 Å². The van der Waals surface area contributed by atoms with Crippen LogP contribution < -0.4 is 5.32 Å². The van der Waals surface area contributed by atoms with Crippen LogP contribution in [0.2, 0.25) is 0 Å². The third-order valence-corrected chi connectivity index (χ3v) is 7.99. The molecule has 4 rings (SSSR count). The molecule has 0 aliphatic carbocycles. The van der Waals surface area contributed by atoms with Gasteiger partial charge in [0.1, 0.15) is 0 Å². The molecule has 1 N–H and O–H groups in total. The predicted octanol–water partition coefficient (Wildman–Crippen LogP) is 5.31. The molecule has 0 saturated heterocycles. The smallest absolute Gasteiger partial charge is 0.322 e. The largest absolute Gasteiger partial charge is 0.403 e. The molecule has 0 bridgehead atoms. The summed E-state index contributed by atoms with van der Waals surface area (Å²) in [6.45, 7) is 4.47. The number of benzene rings is 3. The minimum Gasteiger partial charge on any atom is -0.403 e. The van der Waals surface area contributed by atoms with Gasteiger partial charge in [-0.1, -0.05) is 55.3 Å². The number of nitrogens with zero attached hydrogens (tertiary/aromatic N) is 3. The Labute approximate surface area is 214 Å². The molecule has 0 saturated carbocycles. The number of nitrogens with one attached hydrogen (secondary N) is 1. The highest BCUT2D eigenvalue weighted by atomic mass is 32.2. The van der Waals surface area contributed by atoms with Gasteiger partial charge in [0, 0.05) is 34.9 Å². The van der Waals surface area contributed by atoms with Gasteiger partial charge in [0.05, 0.1) is 4.90 Å². The summed E-state index contributed by atoms with van der Waals surface area (Å²) in [5.74, 6) is -0.199. The van der Waals surface area contributed by atoms with Crippen LogP contribution in [-0.2, 0) is 16.6 Å². The number of carbonyl (C=O) groups is 1. The fourth-order valence-electron chi connectivity index (χ4n) is 3.42. The van der Waals surface area contributed by atoms with E-state index in [1.54, 1.807) is 11.8 Å². The maximum atomic E-state index is 12.9. The topological polar surface area (TPSA) is 105 Å². The second-order valence-corrected chi connectivity index (χ2v) is 12.0. The first kappa shape index (κ1) is 25.6. The molecular formula is C26H26N4O4S2. The summed E-state index contributed by atoms with van der Waals surface area (Å²) in [5.41, 5.74) is 1.89. The molecule has 0 radical (unpaired) electrons. The first-order chi connectivity index (χ1) is 17.2. The van der Waals surface area contributed by atoms with E-state index >= 15 is 0 Å². The summed E-state index contributed by atoms with van der Waals surface area (Å²) < 4.78 is 32.7. The zero-order valence-electron chi connectivity index (χ0n) is 20.1. The second kappa shape index (κ2) is 11.1. The van der Waals surface area contributed by atoms with Crippen molar-refractivity contribution in [2.45, 2.75) is 35.4 Å². The molecule has 3 aromatic carbocycles. The lowest BCUT2D eigenvalue weighted by Gasteiger charge is -2.17. The van der Waals surface area contributed by atoms with Crippen molar-refractivity contribution < 1.29 is 17.6 Å². The van der Waals surface area contributed by atoms with Crippen LogP contribution in [0.25, 0.3) is 11.5 Å². The van der Waals surface area contributed by atoms with Crippen molar-refractivity contribution in [3.63, 3.8) is 0 Å². The van der Waals surface area contributed by atoms with E-state index in [1.807, 2.05) is 54.6 Å². The number of thioether (sulfide) groups is 1. The van der Waals surface area contributed by atoms with Crippen LogP contribution in [0.15, 0.2) is 93.1 Å². The third kappa shape index (κ3) is 6.20. The number of anilines is 1. The lowest BCUT2D eigenvalue weighted by molar-refractivity contribution is 0.102. The highest BCUT2D eigenvalue weighted by molar-refractivity contribution is 7.99. The zero-order chi connectivity index (χ0) is 25.7. The normalized spacial score (nSPS) is 11.7. The van der Waals surface area contributed by atoms with Crippen molar-refractivity contribution in [3.8, 4) is 11.5 Å². The van der Waals surface area contributed by atoms with Gasteiger partial charge in [-0.3, -0.25) is 10.1 Å². The van der Waals surface area contributed by atoms with E-state index in [1.165, 1.54) is 35.6 Å². The molecule has 0 aliphatic rings. The zero-order valence-corrected chi connectivity index (χ0v) is 21.7. The molecule has 0 aliphatic heterocycles. The van der Waals surface area contributed by atoms with Crippen molar-refractivity contribution in [1.29, 1.82) is 0 Å². The summed E-state index contributed by atoms with van der Waals surface area (Å²) in [6, 6.07) is 22.7. The minimum absolute atomic E-state index is 0.0452. The van der Waals surface area contributed by atoms with Crippen LogP contribution in [0.5, 0.6) is 0 Å².